The minimum absolute atomic E-state index is 0.630. The number of aliphatic hydroxyl groups is 4. The molecule has 0 aromatic heterocycles. The van der Waals surface area contributed by atoms with E-state index in [-0.39, 0.29) is 0 Å². The number of aliphatic carboxylic acids is 1. The van der Waals surface area contributed by atoms with Crippen molar-refractivity contribution >= 4 is 5.97 Å². The number of hydrogen-bond acceptors (Lipinski definition) is 6. The molecule has 0 aliphatic carbocycles. The van der Waals surface area contributed by atoms with E-state index >= 15 is 0 Å². The lowest BCUT2D eigenvalue weighted by atomic mass is 9.95. The fourth-order valence-electron chi connectivity index (χ4n) is 1.31. The van der Waals surface area contributed by atoms with Gasteiger partial charge < -0.3 is 30.3 Å². The molecular formula is C7H12O7. The van der Waals surface area contributed by atoms with E-state index in [1.54, 1.807) is 0 Å². The summed E-state index contributed by atoms with van der Waals surface area (Å²) in [7, 11) is 0. The third-order valence-electron chi connectivity index (χ3n) is 2.14. The SMILES string of the molecule is O=C(O)C1O[C@@H](CO)[C@@H](O)[C@H](O)[C@H]1O. The Kier molecular flexibility index (Phi) is 3.40. The largest absolute Gasteiger partial charge is 0.479 e. The zero-order chi connectivity index (χ0) is 10.9. The number of carbonyl (C=O) groups is 1. The molecule has 5 N–H and O–H groups in total. The van der Waals surface area contributed by atoms with E-state index in [1.807, 2.05) is 0 Å². The molecule has 14 heavy (non-hydrogen) atoms. The summed E-state index contributed by atoms with van der Waals surface area (Å²) in [6.07, 6.45) is -7.67. The highest BCUT2D eigenvalue weighted by atomic mass is 16.6. The molecule has 82 valence electrons. The molecule has 0 bridgehead atoms. The highest BCUT2D eigenvalue weighted by molar-refractivity contribution is 5.73. The van der Waals surface area contributed by atoms with Gasteiger partial charge in [-0.15, -0.1) is 0 Å². The summed E-state index contributed by atoms with van der Waals surface area (Å²) in [5.41, 5.74) is 0. The predicted octanol–water partition coefficient (Wildman–Crippen LogP) is -3.09. The molecule has 0 spiro atoms. The Balaban J connectivity index is 2.78. The lowest BCUT2D eigenvalue weighted by Gasteiger charge is -2.38. The average Bonchev–Trinajstić information content (AvgIpc) is 2.14. The van der Waals surface area contributed by atoms with Gasteiger partial charge in [-0.25, -0.2) is 4.79 Å². The van der Waals surface area contributed by atoms with Gasteiger partial charge in [-0.2, -0.15) is 0 Å². The first-order valence-electron chi connectivity index (χ1n) is 4.02. The number of ether oxygens (including phenoxy) is 1. The van der Waals surface area contributed by atoms with Gasteiger partial charge in [-0.1, -0.05) is 0 Å². The Morgan fingerprint density at radius 1 is 1.14 bits per heavy atom. The van der Waals surface area contributed by atoms with Crippen LogP contribution in [0.1, 0.15) is 0 Å². The van der Waals surface area contributed by atoms with E-state index in [0.29, 0.717) is 0 Å². The highest BCUT2D eigenvalue weighted by Crippen LogP contribution is 2.20. The van der Waals surface area contributed by atoms with Crippen LogP contribution in [-0.4, -0.2) is 68.6 Å². The molecule has 0 saturated carbocycles. The van der Waals surface area contributed by atoms with Crippen LogP contribution in [-0.2, 0) is 9.53 Å². The molecule has 1 unspecified atom stereocenters. The van der Waals surface area contributed by atoms with E-state index in [4.69, 9.17) is 10.2 Å². The van der Waals surface area contributed by atoms with Gasteiger partial charge >= 0.3 is 5.97 Å². The molecule has 7 nitrogen and oxygen atoms in total. The lowest BCUT2D eigenvalue weighted by molar-refractivity contribution is -0.233. The average molecular weight is 208 g/mol. The minimum Gasteiger partial charge on any atom is -0.479 e. The maximum Gasteiger partial charge on any atom is 0.335 e. The number of carboxylic acids is 1. The molecule has 0 aromatic carbocycles. The Labute approximate surface area is 79.2 Å². The number of hydrogen-bond donors (Lipinski definition) is 5. The molecule has 7 heteroatoms. The summed E-state index contributed by atoms with van der Waals surface area (Å²) in [5.74, 6) is -1.46. The van der Waals surface area contributed by atoms with Gasteiger partial charge in [0.1, 0.15) is 24.4 Å². The van der Waals surface area contributed by atoms with E-state index in [0.717, 1.165) is 0 Å². The zero-order valence-corrected chi connectivity index (χ0v) is 7.15. The molecule has 1 aliphatic rings. The van der Waals surface area contributed by atoms with Crippen LogP contribution in [0.3, 0.4) is 0 Å². The van der Waals surface area contributed by atoms with Crippen LogP contribution in [0.25, 0.3) is 0 Å². The highest BCUT2D eigenvalue weighted by Gasteiger charge is 2.46. The summed E-state index contributed by atoms with van der Waals surface area (Å²) >= 11 is 0. The molecule has 0 amide bonds. The van der Waals surface area contributed by atoms with Gasteiger partial charge in [-0.05, 0) is 0 Å². The summed E-state index contributed by atoms with van der Waals surface area (Å²) in [5, 5.41) is 44.9. The van der Waals surface area contributed by atoms with E-state index < -0.39 is 43.1 Å². The Morgan fingerprint density at radius 3 is 2.14 bits per heavy atom. The number of rotatable bonds is 2. The topological polar surface area (TPSA) is 127 Å². The summed E-state index contributed by atoms with van der Waals surface area (Å²) in [4.78, 5) is 10.5. The molecule has 5 atom stereocenters. The first-order valence-corrected chi connectivity index (χ1v) is 4.02. The second kappa shape index (κ2) is 4.20. The first-order chi connectivity index (χ1) is 6.49. The monoisotopic (exact) mass is 208 g/mol. The van der Waals surface area contributed by atoms with Crippen molar-refractivity contribution in [3.8, 4) is 0 Å². The van der Waals surface area contributed by atoms with Crippen LogP contribution >= 0.6 is 0 Å². The molecule has 1 aliphatic heterocycles. The summed E-state index contributed by atoms with van der Waals surface area (Å²) in [6, 6.07) is 0. The van der Waals surface area contributed by atoms with Crippen molar-refractivity contribution in [3.05, 3.63) is 0 Å². The van der Waals surface area contributed by atoms with Gasteiger partial charge in [0.05, 0.1) is 6.61 Å². The van der Waals surface area contributed by atoms with Crippen molar-refractivity contribution in [2.24, 2.45) is 0 Å². The van der Waals surface area contributed by atoms with Gasteiger partial charge in [0.2, 0.25) is 0 Å². The maximum absolute atomic E-state index is 10.5. The lowest BCUT2D eigenvalue weighted by Crippen LogP contribution is -2.60. The number of carboxylic acid groups (broad SMARTS) is 1. The molecule has 1 fully saturated rings. The van der Waals surface area contributed by atoms with Gasteiger partial charge in [0, 0.05) is 0 Å². The van der Waals surface area contributed by atoms with Crippen LogP contribution in [0.4, 0.5) is 0 Å². The fraction of sp³-hybridized carbons (Fsp3) is 0.857. The molecule has 1 saturated heterocycles. The van der Waals surface area contributed by atoms with Gasteiger partial charge in [0.25, 0.3) is 0 Å². The quantitative estimate of drug-likeness (QED) is 0.325. The van der Waals surface area contributed by atoms with Crippen LogP contribution in [0.2, 0.25) is 0 Å². The Bertz CT molecular complexity index is 216. The standard InChI is InChI=1S/C7H12O7/c8-1-2-3(9)4(10)5(11)6(14-2)7(12)13/h2-6,8-11H,1H2,(H,12,13)/t2-,3+,4-,5+,6?/m0/s1. The van der Waals surface area contributed by atoms with Crippen LogP contribution in [0.5, 0.6) is 0 Å². The molecule has 1 heterocycles. The van der Waals surface area contributed by atoms with Crippen molar-refractivity contribution < 1.29 is 35.1 Å². The third kappa shape index (κ3) is 1.86. The minimum atomic E-state index is -1.70. The fourth-order valence-corrected chi connectivity index (χ4v) is 1.31. The second-order valence-corrected chi connectivity index (χ2v) is 3.09. The Hall–Kier alpha value is -0.730. The van der Waals surface area contributed by atoms with Gasteiger partial charge in [-0.3, -0.25) is 0 Å². The first kappa shape index (κ1) is 11.3. The summed E-state index contributed by atoms with van der Waals surface area (Å²) in [6.45, 7) is -0.630. The second-order valence-electron chi connectivity index (χ2n) is 3.09. The maximum atomic E-state index is 10.5. The Morgan fingerprint density at radius 2 is 1.71 bits per heavy atom. The van der Waals surface area contributed by atoms with Crippen LogP contribution in [0, 0.1) is 0 Å². The smallest absolute Gasteiger partial charge is 0.335 e. The predicted molar refractivity (Wildman–Crippen MR) is 41.4 cm³/mol. The zero-order valence-electron chi connectivity index (χ0n) is 7.15. The third-order valence-corrected chi connectivity index (χ3v) is 2.14. The van der Waals surface area contributed by atoms with Crippen molar-refractivity contribution in [2.75, 3.05) is 6.61 Å². The molecule has 0 aromatic rings. The van der Waals surface area contributed by atoms with Crippen molar-refractivity contribution in [2.45, 2.75) is 30.5 Å². The van der Waals surface area contributed by atoms with E-state index in [9.17, 15) is 20.1 Å². The van der Waals surface area contributed by atoms with Crippen molar-refractivity contribution in [3.63, 3.8) is 0 Å². The normalized spacial score (nSPS) is 43.6. The van der Waals surface area contributed by atoms with E-state index in [2.05, 4.69) is 4.74 Å². The summed E-state index contributed by atoms with van der Waals surface area (Å²) < 4.78 is 4.68. The van der Waals surface area contributed by atoms with E-state index in [1.165, 1.54) is 0 Å². The molecule has 0 radical (unpaired) electrons. The van der Waals surface area contributed by atoms with Crippen LogP contribution in [0.15, 0.2) is 0 Å². The molecule has 1 rings (SSSR count). The molecular weight excluding hydrogens is 196 g/mol. The number of aliphatic hydroxyl groups excluding tert-OH is 4. The van der Waals surface area contributed by atoms with Gasteiger partial charge in [0.15, 0.2) is 6.10 Å². The van der Waals surface area contributed by atoms with Crippen molar-refractivity contribution in [1.82, 2.24) is 0 Å². The van der Waals surface area contributed by atoms with Crippen molar-refractivity contribution in [1.29, 1.82) is 0 Å². The van der Waals surface area contributed by atoms with Crippen LogP contribution < -0.4 is 0 Å².